The molecular weight excluding hydrogens is 858 g/mol. The maximum atomic E-state index is 12.7. The average Bonchev–Trinajstić information content (AvgIpc) is 3.29. The molecule has 0 rings (SSSR count). The molecule has 398 valence electrons. The van der Waals surface area contributed by atoms with Crippen LogP contribution in [0.1, 0.15) is 290 Å². The fourth-order valence-corrected chi connectivity index (χ4v) is 9.26. The largest absolute Gasteiger partial charge is 0.756 e. The Hall–Kier alpha value is -1.25. The minimum Gasteiger partial charge on any atom is -0.756 e. The fourth-order valence-electron chi connectivity index (χ4n) is 8.54. The summed E-state index contributed by atoms with van der Waals surface area (Å²) in [7, 11) is 1.18. The van der Waals surface area contributed by atoms with E-state index in [1.807, 2.05) is 21.1 Å². The van der Waals surface area contributed by atoms with Gasteiger partial charge in [-0.1, -0.05) is 251 Å². The zero-order valence-electron chi connectivity index (χ0n) is 45.1. The van der Waals surface area contributed by atoms with Crippen LogP contribution < -0.4 is 4.89 Å². The molecule has 0 radical (unpaired) electrons. The summed E-state index contributed by atoms with van der Waals surface area (Å²) in [6.07, 6.45) is 57.0. The number of unbranched alkanes of at least 4 members (excludes halogenated alkanes) is 38. The van der Waals surface area contributed by atoms with Gasteiger partial charge >= 0.3 is 11.9 Å². The van der Waals surface area contributed by atoms with Crippen molar-refractivity contribution in [3.05, 3.63) is 12.2 Å². The van der Waals surface area contributed by atoms with Crippen molar-refractivity contribution in [3.63, 3.8) is 0 Å². The lowest BCUT2D eigenvalue weighted by Crippen LogP contribution is -2.37. The van der Waals surface area contributed by atoms with E-state index in [4.69, 9.17) is 18.5 Å². The second-order valence-corrected chi connectivity index (χ2v) is 22.4. The smallest absolute Gasteiger partial charge is 0.306 e. The minimum absolute atomic E-state index is 0.0289. The summed E-state index contributed by atoms with van der Waals surface area (Å²) in [5.41, 5.74) is 0. The van der Waals surface area contributed by atoms with Crippen molar-refractivity contribution in [2.45, 2.75) is 296 Å². The first-order valence-electron chi connectivity index (χ1n) is 28.9. The summed E-state index contributed by atoms with van der Waals surface area (Å²) in [5.74, 6) is -0.827. The topological polar surface area (TPSA) is 111 Å². The number of hydrogen-bond acceptors (Lipinski definition) is 8. The van der Waals surface area contributed by atoms with Gasteiger partial charge in [0.05, 0.1) is 27.7 Å². The first-order chi connectivity index (χ1) is 32.5. The zero-order chi connectivity index (χ0) is 49.2. The van der Waals surface area contributed by atoms with Crippen LogP contribution in [0.25, 0.3) is 0 Å². The van der Waals surface area contributed by atoms with Crippen molar-refractivity contribution in [2.24, 2.45) is 0 Å². The number of esters is 2. The minimum atomic E-state index is -4.63. The second-order valence-electron chi connectivity index (χ2n) is 21.0. The van der Waals surface area contributed by atoms with E-state index in [2.05, 4.69) is 26.0 Å². The number of rotatable bonds is 54. The average molecular weight is 970 g/mol. The molecule has 0 saturated heterocycles. The Morgan fingerprint density at radius 1 is 0.448 bits per heavy atom. The summed E-state index contributed by atoms with van der Waals surface area (Å²) >= 11 is 0. The van der Waals surface area contributed by atoms with E-state index in [1.165, 1.54) is 205 Å². The van der Waals surface area contributed by atoms with Gasteiger partial charge in [0.2, 0.25) is 0 Å². The van der Waals surface area contributed by atoms with Crippen LogP contribution in [-0.4, -0.2) is 70.0 Å². The quantitative estimate of drug-likeness (QED) is 0.0195. The van der Waals surface area contributed by atoms with Gasteiger partial charge in [-0.3, -0.25) is 14.2 Å². The van der Waals surface area contributed by atoms with Crippen molar-refractivity contribution in [1.82, 2.24) is 0 Å². The molecule has 2 atom stereocenters. The van der Waals surface area contributed by atoms with Crippen LogP contribution >= 0.6 is 7.82 Å². The van der Waals surface area contributed by atoms with Crippen LogP contribution in [0.5, 0.6) is 0 Å². The molecule has 0 aromatic rings. The second kappa shape index (κ2) is 49.7. The Morgan fingerprint density at radius 2 is 0.761 bits per heavy atom. The Balaban J connectivity index is 4.04. The lowest BCUT2D eigenvalue weighted by molar-refractivity contribution is -0.870. The highest BCUT2D eigenvalue weighted by molar-refractivity contribution is 7.45. The van der Waals surface area contributed by atoms with Crippen LogP contribution in [0.4, 0.5) is 0 Å². The standard InChI is InChI=1S/C57H112NO8P/c1-6-8-10-12-14-16-18-20-22-23-24-25-26-27-28-29-30-31-32-33-34-36-37-39-41-43-45-47-49-56(59)63-53-55(54-65-67(61,62)64-52-51-58(3,4)5)66-57(60)50-48-46-44-42-40-38-35-21-19-17-15-13-11-9-7-2/h21,35,55H,6-20,22-34,36-54H2,1-5H3/b35-21-. The van der Waals surface area contributed by atoms with Gasteiger partial charge in [0.25, 0.3) is 7.82 Å². The van der Waals surface area contributed by atoms with Crippen LogP contribution in [0.15, 0.2) is 12.2 Å². The van der Waals surface area contributed by atoms with E-state index in [0.717, 1.165) is 51.4 Å². The summed E-state index contributed by atoms with van der Waals surface area (Å²) in [4.78, 5) is 37.8. The van der Waals surface area contributed by atoms with Gasteiger partial charge in [0.1, 0.15) is 19.8 Å². The fraction of sp³-hybridized carbons (Fsp3) is 0.930. The van der Waals surface area contributed by atoms with Crippen LogP contribution in [0.2, 0.25) is 0 Å². The maximum Gasteiger partial charge on any atom is 0.306 e. The monoisotopic (exact) mass is 970 g/mol. The maximum absolute atomic E-state index is 12.7. The number of nitrogens with zero attached hydrogens (tertiary/aromatic N) is 1. The van der Waals surface area contributed by atoms with E-state index in [-0.39, 0.29) is 32.0 Å². The van der Waals surface area contributed by atoms with E-state index in [1.54, 1.807) is 0 Å². The first kappa shape index (κ1) is 65.8. The number of ether oxygens (including phenoxy) is 2. The van der Waals surface area contributed by atoms with Gasteiger partial charge in [-0.05, 0) is 38.5 Å². The van der Waals surface area contributed by atoms with Crippen molar-refractivity contribution in [1.29, 1.82) is 0 Å². The summed E-state index contributed by atoms with van der Waals surface area (Å²) in [6.45, 7) is 4.27. The van der Waals surface area contributed by atoms with Gasteiger partial charge < -0.3 is 27.9 Å². The Labute approximate surface area is 416 Å². The molecule has 0 bridgehead atoms. The molecule has 0 saturated carbocycles. The highest BCUT2D eigenvalue weighted by Gasteiger charge is 2.22. The molecule has 0 fully saturated rings. The van der Waals surface area contributed by atoms with E-state index in [0.29, 0.717) is 17.4 Å². The number of quaternary nitrogens is 1. The molecule has 0 spiro atoms. The molecule has 0 aliphatic heterocycles. The third-order valence-corrected chi connectivity index (χ3v) is 14.0. The first-order valence-corrected chi connectivity index (χ1v) is 30.4. The van der Waals surface area contributed by atoms with Crippen molar-refractivity contribution in [3.8, 4) is 0 Å². The SMILES string of the molecule is CCCCCCCC/C=C\CCCCCCCC(=O)OC(COC(=O)CCCCCCCCCCCCCCCCCCCCCCCCCCCCCC)COP(=O)([O-])OCC[N+](C)(C)C. The molecule has 0 aliphatic carbocycles. The predicted octanol–water partition coefficient (Wildman–Crippen LogP) is 17.0. The molecule has 0 aliphatic rings. The van der Waals surface area contributed by atoms with Gasteiger partial charge in [0.15, 0.2) is 6.10 Å². The molecule has 0 aromatic carbocycles. The summed E-state index contributed by atoms with van der Waals surface area (Å²) in [6, 6.07) is 0. The van der Waals surface area contributed by atoms with Crippen LogP contribution in [0, 0.1) is 0 Å². The Bertz CT molecular complexity index is 1140. The molecule has 2 unspecified atom stereocenters. The van der Waals surface area contributed by atoms with Crippen LogP contribution in [-0.2, 0) is 32.7 Å². The molecule has 0 aromatic heterocycles. The molecule has 0 amide bonds. The highest BCUT2D eigenvalue weighted by Crippen LogP contribution is 2.38. The third-order valence-electron chi connectivity index (χ3n) is 13.0. The summed E-state index contributed by atoms with van der Waals surface area (Å²) < 4.78 is 34.1. The Kier molecular flexibility index (Phi) is 48.8. The number of phosphoric acid groups is 1. The molecule has 0 N–H and O–H groups in total. The molecule has 0 heterocycles. The predicted molar refractivity (Wildman–Crippen MR) is 282 cm³/mol. The number of phosphoric ester groups is 1. The lowest BCUT2D eigenvalue weighted by Gasteiger charge is -2.28. The van der Waals surface area contributed by atoms with Crippen molar-refractivity contribution >= 4 is 19.8 Å². The van der Waals surface area contributed by atoms with E-state index < -0.39 is 26.5 Å². The van der Waals surface area contributed by atoms with Gasteiger partial charge in [0, 0.05) is 12.8 Å². The number of carbonyl (C=O) groups excluding carboxylic acids is 2. The van der Waals surface area contributed by atoms with Gasteiger partial charge in [-0.25, -0.2) is 0 Å². The number of hydrogen-bond donors (Lipinski definition) is 0. The van der Waals surface area contributed by atoms with E-state index >= 15 is 0 Å². The van der Waals surface area contributed by atoms with Crippen LogP contribution in [0.3, 0.4) is 0 Å². The highest BCUT2D eigenvalue weighted by atomic mass is 31.2. The molecule has 67 heavy (non-hydrogen) atoms. The lowest BCUT2D eigenvalue weighted by atomic mass is 10.0. The third kappa shape index (κ3) is 53.9. The van der Waals surface area contributed by atoms with Crippen molar-refractivity contribution in [2.75, 3.05) is 47.5 Å². The number of likely N-dealkylation sites (N-methyl/N-ethyl adjacent to an activating group) is 1. The van der Waals surface area contributed by atoms with E-state index in [9.17, 15) is 19.0 Å². The Morgan fingerprint density at radius 3 is 1.10 bits per heavy atom. The van der Waals surface area contributed by atoms with Crippen molar-refractivity contribution < 1.29 is 42.1 Å². The molecule has 10 heteroatoms. The molecular formula is C57H112NO8P. The van der Waals surface area contributed by atoms with Gasteiger partial charge in [-0.2, -0.15) is 0 Å². The normalized spacial score (nSPS) is 13.3. The summed E-state index contributed by atoms with van der Waals surface area (Å²) in [5, 5.41) is 0. The number of carbonyl (C=O) groups is 2. The number of allylic oxidation sites excluding steroid dienone is 2. The zero-order valence-corrected chi connectivity index (χ0v) is 46.0. The molecule has 9 nitrogen and oxygen atoms in total. The van der Waals surface area contributed by atoms with Gasteiger partial charge in [-0.15, -0.1) is 0 Å².